The van der Waals surface area contributed by atoms with E-state index in [0.717, 1.165) is 29.3 Å². The van der Waals surface area contributed by atoms with Gasteiger partial charge in [-0.3, -0.25) is 4.79 Å². The molecule has 21 heavy (non-hydrogen) atoms. The average molecular weight is 326 g/mol. The van der Waals surface area contributed by atoms with Crippen molar-refractivity contribution in [3.63, 3.8) is 0 Å². The van der Waals surface area contributed by atoms with Crippen LogP contribution in [0.3, 0.4) is 0 Å². The summed E-state index contributed by atoms with van der Waals surface area (Å²) in [5.41, 5.74) is 0.476. The lowest BCUT2D eigenvalue weighted by Gasteiger charge is -2.24. The summed E-state index contributed by atoms with van der Waals surface area (Å²) < 4.78 is 6.80. The third-order valence-electron chi connectivity index (χ3n) is 4.10. The molecule has 112 valence electrons. The van der Waals surface area contributed by atoms with E-state index >= 15 is 0 Å². The summed E-state index contributed by atoms with van der Waals surface area (Å²) in [6.07, 6.45) is 6.49. The normalized spacial score (nSPS) is 16.3. The molecule has 4 nitrogen and oxygen atoms in total. The Hall–Kier alpha value is -1.33. The number of thiophene rings is 1. The zero-order valence-electron chi connectivity index (χ0n) is 11.7. The Morgan fingerprint density at radius 3 is 2.76 bits per heavy atom. The lowest BCUT2D eigenvalue weighted by Crippen LogP contribution is -2.12. The van der Waals surface area contributed by atoms with Gasteiger partial charge in [0.15, 0.2) is 6.29 Å². The summed E-state index contributed by atoms with van der Waals surface area (Å²) in [6, 6.07) is 2.02. The number of fused-ring (bicyclic) bond motifs is 1. The predicted octanol–water partition coefficient (Wildman–Crippen LogP) is 4.46. The molecule has 0 saturated heterocycles. The fourth-order valence-corrected chi connectivity index (χ4v) is 4.65. The minimum Gasteiger partial charge on any atom is -0.465 e. The highest BCUT2D eigenvalue weighted by Gasteiger charge is 2.26. The number of carbonyl (C=O) groups excluding carboxylic acids is 2. The summed E-state index contributed by atoms with van der Waals surface area (Å²) in [5, 5.41) is 1.25. The number of hydrogen-bond acceptors (Lipinski definition) is 4. The molecule has 1 saturated carbocycles. The van der Waals surface area contributed by atoms with E-state index in [0.29, 0.717) is 21.6 Å². The van der Waals surface area contributed by atoms with Crippen molar-refractivity contribution in [1.29, 1.82) is 0 Å². The van der Waals surface area contributed by atoms with Gasteiger partial charge in [0.25, 0.3) is 0 Å². The summed E-state index contributed by atoms with van der Waals surface area (Å²) in [6.45, 7) is 0. The van der Waals surface area contributed by atoms with Crippen molar-refractivity contribution >= 4 is 45.4 Å². The van der Waals surface area contributed by atoms with E-state index in [9.17, 15) is 9.59 Å². The van der Waals surface area contributed by atoms with E-state index in [1.54, 1.807) is 6.07 Å². The predicted molar refractivity (Wildman–Crippen MR) is 83.7 cm³/mol. The number of methoxy groups -OCH3 is 1. The lowest BCUT2D eigenvalue weighted by molar-refractivity contribution is 0.0606. The van der Waals surface area contributed by atoms with Gasteiger partial charge in [0.05, 0.1) is 12.7 Å². The molecule has 0 N–H and O–H groups in total. The first-order valence-corrected chi connectivity index (χ1v) is 8.23. The zero-order chi connectivity index (χ0) is 15.0. The highest BCUT2D eigenvalue weighted by Crippen LogP contribution is 2.41. The Balaban J connectivity index is 2.17. The van der Waals surface area contributed by atoms with Crippen LogP contribution in [0.5, 0.6) is 0 Å². The number of esters is 1. The highest BCUT2D eigenvalue weighted by atomic mass is 35.5. The van der Waals surface area contributed by atoms with Crippen LogP contribution >= 0.6 is 22.9 Å². The summed E-state index contributed by atoms with van der Waals surface area (Å²) in [5.74, 6) is -0.376. The Morgan fingerprint density at radius 1 is 1.43 bits per heavy atom. The van der Waals surface area contributed by atoms with E-state index in [-0.39, 0.29) is 5.97 Å². The van der Waals surface area contributed by atoms with Crippen molar-refractivity contribution in [3.8, 4) is 0 Å². The molecule has 0 atom stereocenters. The number of nitrogens with zero attached hydrogens (tertiary/aromatic N) is 1. The molecule has 2 aromatic rings. The topological polar surface area (TPSA) is 48.3 Å². The molecule has 0 radical (unpaired) electrons. The van der Waals surface area contributed by atoms with Gasteiger partial charge >= 0.3 is 5.97 Å². The maximum absolute atomic E-state index is 11.7. The molecule has 2 aromatic heterocycles. The molecule has 0 aliphatic heterocycles. The second-order valence-corrected chi connectivity index (χ2v) is 6.69. The Morgan fingerprint density at radius 2 is 2.14 bits per heavy atom. The Kier molecular flexibility index (Phi) is 4.04. The van der Waals surface area contributed by atoms with Gasteiger partial charge in [0.2, 0.25) is 0 Å². The first-order valence-electron chi connectivity index (χ1n) is 7.04. The lowest BCUT2D eigenvalue weighted by atomic mass is 9.95. The largest absolute Gasteiger partial charge is 0.465 e. The quantitative estimate of drug-likeness (QED) is 0.618. The van der Waals surface area contributed by atoms with E-state index in [1.165, 1.54) is 37.7 Å². The van der Waals surface area contributed by atoms with Crippen LogP contribution in [0, 0.1) is 0 Å². The van der Waals surface area contributed by atoms with E-state index in [4.69, 9.17) is 16.3 Å². The van der Waals surface area contributed by atoms with Gasteiger partial charge in [-0.25, -0.2) is 4.79 Å². The summed E-state index contributed by atoms with van der Waals surface area (Å²) >= 11 is 7.76. The molecule has 0 spiro atoms. The summed E-state index contributed by atoms with van der Waals surface area (Å²) in [4.78, 5) is 24.5. The fraction of sp³-hybridized carbons (Fsp3) is 0.467. The number of halogens is 1. The van der Waals surface area contributed by atoms with Gasteiger partial charge in [0.1, 0.15) is 14.9 Å². The van der Waals surface area contributed by atoms with Crippen molar-refractivity contribution in [1.82, 2.24) is 4.57 Å². The zero-order valence-corrected chi connectivity index (χ0v) is 13.3. The van der Waals surface area contributed by atoms with Gasteiger partial charge in [0, 0.05) is 11.4 Å². The third kappa shape index (κ3) is 2.38. The monoisotopic (exact) mass is 325 g/mol. The van der Waals surface area contributed by atoms with E-state index < -0.39 is 0 Å². The molecule has 6 heteroatoms. The second-order valence-electron chi connectivity index (χ2n) is 5.31. The smallest absolute Gasteiger partial charge is 0.348 e. The Labute approximate surface area is 131 Å². The molecular formula is C15H16ClNO3S. The van der Waals surface area contributed by atoms with E-state index in [1.807, 2.05) is 4.57 Å². The Bertz CT molecular complexity index is 697. The molecule has 0 unspecified atom stereocenters. The first kappa shape index (κ1) is 14.6. The van der Waals surface area contributed by atoms with Crippen LogP contribution in [-0.2, 0) is 4.74 Å². The molecular weight excluding hydrogens is 310 g/mol. The maximum atomic E-state index is 11.7. The van der Waals surface area contributed by atoms with Crippen molar-refractivity contribution in [2.24, 2.45) is 0 Å². The van der Waals surface area contributed by atoms with Crippen LogP contribution in [0.4, 0.5) is 0 Å². The standard InChI is InChI=1S/C15H16ClNO3S/c1-20-15(19)12-7-10-11(8-18)13(16)17(14(10)21-12)9-5-3-2-4-6-9/h7-9H,2-6H2,1H3. The van der Waals surface area contributed by atoms with Crippen LogP contribution in [0.2, 0.25) is 5.15 Å². The van der Waals surface area contributed by atoms with Crippen LogP contribution in [0.15, 0.2) is 6.07 Å². The molecule has 0 bridgehead atoms. The molecule has 1 aliphatic carbocycles. The van der Waals surface area contributed by atoms with Gasteiger partial charge in [-0.2, -0.15) is 0 Å². The summed E-state index contributed by atoms with van der Waals surface area (Å²) in [7, 11) is 1.36. The third-order valence-corrected chi connectivity index (χ3v) is 5.60. The van der Waals surface area contributed by atoms with Gasteiger partial charge < -0.3 is 9.30 Å². The van der Waals surface area contributed by atoms with Crippen LogP contribution in [0.1, 0.15) is 58.2 Å². The van der Waals surface area contributed by atoms with Crippen LogP contribution in [-0.4, -0.2) is 23.9 Å². The molecule has 2 heterocycles. The van der Waals surface area contributed by atoms with Gasteiger partial charge in [-0.1, -0.05) is 30.9 Å². The van der Waals surface area contributed by atoms with Gasteiger partial charge in [-0.15, -0.1) is 11.3 Å². The minimum atomic E-state index is -0.376. The molecule has 3 rings (SSSR count). The minimum absolute atomic E-state index is 0.312. The molecule has 1 aliphatic rings. The van der Waals surface area contributed by atoms with E-state index in [2.05, 4.69) is 0 Å². The fourth-order valence-electron chi connectivity index (χ4n) is 3.06. The average Bonchev–Trinajstić information content (AvgIpc) is 3.03. The highest BCUT2D eigenvalue weighted by molar-refractivity contribution is 7.20. The number of aldehydes is 1. The maximum Gasteiger partial charge on any atom is 0.348 e. The number of ether oxygens (including phenoxy) is 1. The number of hydrogen-bond donors (Lipinski definition) is 0. The van der Waals surface area contributed by atoms with Crippen molar-refractivity contribution in [2.75, 3.05) is 7.11 Å². The van der Waals surface area contributed by atoms with Crippen molar-refractivity contribution in [3.05, 3.63) is 21.7 Å². The number of aromatic nitrogens is 1. The molecule has 0 amide bonds. The first-order chi connectivity index (χ1) is 10.2. The number of rotatable bonds is 3. The molecule has 0 aromatic carbocycles. The molecule has 1 fully saturated rings. The number of carbonyl (C=O) groups is 2. The van der Waals surface area contributed by atoms with Crippen LogP contribution < -0.4 is 0 Å². The van der Waals surface area contributed by atoms with Crippen molar-refractivity contribution < 1.29 is 14.3 Å². The van der Waals surface area contributed by atoms with Gasteiger partial charge in [-0.05, 0) is 18.9 Å². The van der Waals surface area contributed by atoms with Crippen LogP contribution in [0.25, 0.3) is 10.2 Å². The second kappa shape index (κ2) is 5.81. The SMILES string of the molecule is COC(=O)c1cc2c(C=O)c(Cl)n(C3CCCCC3)c2s1. The van der Waals surface area contributed by atoms with Crippen molar-refractivity contribution in [2.45, 2.75) is 38.1 Å².